The topological polar surface area (TPSA) is 55.1 Å². The van der Waals surface area contributed by atoms with Crippen molar-refractivity contribution >= 4 is 34.3 Å². The predicted molar refractivity (Wildman–Crippen MR) is 104 cm³/mol. The van der Waals surface area contributed by atoms with E-state index in [4.69, 9.17) is 4.42 Å². The number of pyridine rings is 1. The van der Waals surface area contributed by atoms with E-state index >= 15 is 0 Å². The molecule has 2 aromatic carbocycles. The number of fused-ring (bicyclic) bond motifs is 1. The normalized spacial score (nSPS) is 10.8. The van der Waals surface area contributed by atoms with Crippen molar-refractivity contribution in [3.05, 3.63) is 90.4 Å². The second-order valence-electron chi connectivity index (χ2n) is 5.78. The van der Waals surface area contributed by atoms with E-state index in [1.165, 1.54) is 5.56 Å². The number of amides is 1. The van der Waals surface area contributed by atoms with Gasteiger partial charge in [0.25, 0.3) is 5.91 Å². The van der Waals surface area contributed by atoms with Gasteiger partial charge in [-0.1, -0.05) is 24.3 Å². The standard InChI is InChI=1S/C21H16N2O2S/c24-21(20-12-16-5-1-2-6-19(16)25-20)23-17-7-9-18(10-8-17)26-14-15-4-3-11-22-13-15/h1-13H,14H2,(H,23,24). The fourth-order valence-electron chi connectivity index (χ4n) is 2.57. The maximum atomic E-state index is 12.4. The number of thioether (sulfide) groups is 1. The Morgan fingerprint density at radius 1 is 1.04 bits per heavy atom. The van der Waals surface area contributed by atoms with Crippen LogP contribution < -0.4 is 5.32 Å². The molecule has 2 heterocycles. The summed E-state index contributed by atoms with van der Waals surface area (Å²) in [5, 5.41) is 3.78. The van der Waals surface area contributed by atoms with Gasteiger partial charge in [-0.3, -0.25) is 9.78 Å². The number of para-hydroxylation sites is 1. The highest BCUT2D eigenvalue weighted by atomic mass is 32.2. The Kier molecular flexibility index (Phi) is 4.71. The molecule has 26 heavy (non-hydrogen) atoms. The molecule has 0 atom stereocenters. The number of furan rings is 1. The largest absolute Gasteiger partial charge is 0.451 e. The zero-order valence-corrected chi connectivity index (χ0v) is 14.7. The van der Waals surface area contributed by atoms with Crippen molar-refractivity contribution < 1.29 is 9.21 Å². The number of hydrogen-bond acceptors (Lipinski definition) is 4. The fraction of sp³-hybridized carbons (Fsp3) is 0.0476. The molecule has 0 fully saturated rings. The van der Waals surface area contributed by atoms with E-state index in [0.29, 0.717) is 11.3 Å². The van der Waals surface area contributed by atoms with Crippen LogP contribution in [-0.4, -0.2) is 10.9 Å². The van der Waals surface area contributed by atoms with Crippen LogP contribution in [-0.2, 0) is 5.75 Å². The monoisotopic (exact) mass is 360 g/mol. The molecule has 0 aliphatic heterocycles. The molecule has 0 radical (unpaired) electrons. The molecule has 0 unspecified atom stereocenters. The van der Waals surface area contributed by atoms with E-state index in [2.05, 4.69) is 16.4 Å². The minimum Gasteiger partial charge on any atom is -0.451 e. The Morgan fingerprint density at radius 3 is 2.65 bits per heavy atom. The lowest BCUT2D eigenvalue weighted by molar-refractivity contribution is 0.0998. The number of rotatable bonds is 5. The zero-order chi connectivity index (χ0) is 17.8. The number of carbonyl (C=O) groups is 1. The van der Waals surface area contributed by atoms with Gasteiger partial charge in [0.1, 0.15) is 5.58 Å². The van der Waals surface area contributed by atoms with Crippen LogP contribution in [0.5, 0.6) is 0 Å². The quantitative estimate of drug-likeness (QED) is 0.486. The number of anilines is 1. The Bertz CT molecular complexity index is 994. The van der Waals surface area contributed by atoms with Crippen LogP contribution in [0.2, 0.25) is 0 Å². The average molecular weight is 360 g/mol. The highest BCUT2D eigenvalue weighted by Gasteiger charge is 2.12. The van der Waals surface area contributed by atoms with Gasteiger partial charge in [-0.25, -0.2) is 0 Å². The van der Waals surface area contributed by atoms with Gasteiger partial charge in [0, 0.05) is 34.1 Å². The van der Waals surface area contributed by atoms with E-state index in [1.54, 1.807) is 24.0 Å². The maximum absolute atomic E-state index is 12.4. The van der Waals surface area contributed by atoms with Crippen LogP contribution in [0.1, 0.15) is 16.1 Å². The first-order chi connectivity index (χ1) is 12.8. The lowest BCUT2D eigenvalue weighted by Crippen LogP contribution is -2.10. The minimum absolute atomic E-state index is 0.253. The number of benzene rings is 2. The molecule has 0 aliphatic rings. The van der Waals surface area contributed by atoms with Crippen molar-refractivity contribution in [3.63, 3.8) is 0 Å². The lowest BCUT2D eigenvalue weighted by atomic mass is 10.2. The molecule has 1 N–H and O–H groups in total. The van der Waals surface area contributed by atoms with Crippen LogP contribution in [0.3, 0.4) is 0 Å². The fourth-order valence-corrected chi connectivity index (χ4v) is 3.40. The Hall–Kier alpha value is -3.05. The minimum atomic E-state index is -0.253. The van der Waals surface area contributed by atoms with Gasteiger partial charge >= 0.3 is 0 Å². The number of nitrogens with one attached hydrogen (secondary N) is 1. The van der Waals surface area contributed by atoms with E-state index < -0.39 is 0 Å². The predicted octanol–water partition coefficient (Wildman–Crippen LogP) is 5.37. The summed E-state index contributed by atoms with van der Waals surface area (Å²) in [5.74, 6) is 0.914. The van der Waals surface area contributed by atoms with E-state index in [1.807, 2.05) is 60.8 Å². The van der Waals surface area contributed by atoms with Gasteiger partial charge in [0.05, 0.1) is 0 Å². The molecule has 0 bridgehead atoms. The zero-order valence-electron chi connectivity index (χ0n) is 13.9. The number of hydrogen-bond donors (Lipinski definition) is 1. The van der Waals surface area contributed by atoms with Crippen molar-refractivity contribution in [3.8, 4) is 0 Å². The molecule has 5 heteroatoms. The molecule has 4 aromatic rings. The first-order valence-corrected chi connectivity index (χ1v) is 9.18. The summed E-state index contributed by atoms with van der Waals surface area (Å²) >= 11 is 1.73. The summed E-state index contributed by atoms with van der Waals surface area (Å²) in [6, 6.07) is 21.1. The summed E-state index contributed by atoms with van der Waals surface area (Å²) in [7, 11) is 0. The van der Waals surface area contributed by atoms with Crippen molar-refractivity contribution in [1.29, 1.82) is 0 Å². The molecule has 4 nitrogen and oxygen atoms in total. The Labute approximate surface area is 155 Å². The number of aromatic nitrogens is 1. The molecular formula is C21H16N2O2S. The highest BCUT2D eigenvalue weighted by molar-refractivity contribution is 7.98. The summed E-state index contributed by atoms with van der Waals surface area (Å²) in [6.45, 7) is 0. The van der Waals surface area contributed by atoms with Gasteiger partial charge in [0.15, 0.2) is 5.76 Å². The van der Waals surface area contributed by atoms with Crippen molar-refractivity contribution in [2.45, 2.75) is 10.6 Å². The summed E-state index contributed by atoms with van der Waals surface area (Å²) in [4.78, 5) is 17.6. The number of nitrogens with zero attached hydrogens (tertiary/aromatic N) is 1. The third-order valence-corrected chi connectivity index (χ3v) is 4.97. The van der Waals surface area contributed by atoms with Crippen LogP contribution in [0, 0.1) is 0 Å². The number of carbonyl (C=O) groups excluding carboxylic acids is 1. The molecule has 0 aliphatic carbocycles. The van der Waals surface area contributed by atoms with E-state index in [9.17, 15) is 4.79 Å². The van der Waals surface area contributed by atoms with Gasteiger partial charge in [-0.05, 0) is 48.0 Å². The summed E-state index contributed by atoms with van der Waals surface area (Å²) in [6.07, 6.45) is 3.64. The van der Waals surface area contributed by atoms with Crippen LogP contribution >= 0.6 is 11.8 Å². The second-order valence-corrected chi connectivity index (χ2v) is 6.83. The molecule has 0 saturated heterocycles. The first-order valence-electron chi connectivity index (χ1n) is 8.20. The molecule has 0 spiro atoms. The molecule has 2 aromatic heterocycles. The molecular weight excluding hydrogens is 344 g/mol. The van der Waals surface area contributed by atoms with E-state index in [0.717, 1.165) is 21.7 Å². The highest BCUT2D eigenvalue weighted by Crippen LogP contribution is 2.25. The smallest absolute Gasteiger partial charge is 0.291 e. The second kappa shape index (κ2) is 7.45. The van der Waals surface area contributed by atoms with Crippen molar-refractivity contribution in [2.75, 3.05) is 5.32 Å². The molecule has 128 valence electrons. The summed E-state index contributed by atoms with van der Waals surface area (Å²) < 4.78 is 5.59. The Morgan fingerprint density at radius 2 is 1.88 bits per heavy atom. The van der Waals surface area contributed by atoms with Gasteiger partial charge in [0.2, 0.25) is 0 Å². The molecule has 1 amide bonds. The summed E-state index contributed by atoms with van der Waals surface area (Å²) in [5.41, 5.74) is 2.63. The molecule has 0 saturated carbocycles. The Balaban J connectivity index is 1.39. The molecule has 4 rings (SSSR count). The van der Waals surface area contributed by atoms with Gasteiger partial charge in [-0.15, -0.1) is 11.8 Å². The van der Waals surface area contributed by atoms with Gasteiger partial charge < -0.3 is 9.73 Å². The first kappa shape index (κ1) is 16.4. The third kappa shape index (κ3) is 3.78. The van der Waals surface area contributed by atoms with Crippen LogP contribution in [0.25, 0.3) is 11.0 Å². The SMILES string of the molecule is O=C(Nc1ccc(SCc2cccnc2)cc1)c1cc2ccccc2o1. The maximum Gasteiger partial charge on any atom is 0.291 e. The van der Waals surface area contributed by atoms with Crippen LogP contribution in [0.15, 0.2) is 88.4 Å². The van der Waals surface area contributed by atoms with Crippen molar-refractivity contribution in [1.82, 2.24) is 4.98 Å². The van der Waals surface area contributed by atoms with E-state index in [-0.39, 0.29) is 5.91 Å². The van der Waals surface area contributed by atoms with Crippen molar-refractivity contribution in [2.24, 2.45) is 0 Å². The van der Waals surface area contributed by atoms with Crippen LogP contribution in [0.4, 0.5) is 5.69 Å². The third-order valence-electron chi connectivity index (χ3n) is 3.89. The lowest BCUT2D eigenvalue weighted by Gasteiger charge is -2.05. The van der Waals surface area contributed by atoms with Gasteiger partial charge in [-0.2, -0.15) is 0 Å². The average Bonchev–Trinajstić information content (AvgIpc) is 3.13.